The first-order valence-corrected chi connectivity index (χ1v) is 4.49. The Kier molecular flexibility index (Phi) is 3.76. The smallest absolute Gasteiger partial charge is 0.407 e. The quantitative estimate of drug-likeness (QED) is 0.629. The summed E-state index contributed by atoms with van der Waals surface area (Å²) in [7, 11) is 0. The lowest BCUT2D eigenvalue weighted by Gasteiger charge is -2.28. The van der Waals surface area contributed by atoms with Crippen molar-refractivity contribution in [2.75, 3.05) is 19.7 Å². The number of piperidine rings is 1. The molecule has 1 saturated heterocycles. The normalized spacial score (nSPS) is 19.6. The van der Waals surface area contributed by atoms with Crippen LogP contribution in [-0.4, -0.2) is 40.9 Å². The monoisotopic (exact) mass is 185 g/mol. The van der Waals surface area contributed by atoms with Gasteiger partial charge in [0.25, 0.3) is 0 Å². The Morgan fingerprint density at radius 1 is 1.46 bits per heavy atom. The van der Waals surface area contributed by atoms with E-state index in [4.69, 9.17) is 10.2 Å². The Balaban J connectivity index is 2.30. The molecule has 13 heavy (non-hydrogen) atoms. The van der Waals surface area contributed by atoms with Gasteiger partial charge in [0, 0.05) is 13.1 Å². The minimum Gasteiger partial charge on any atom is -0.465 e. The van der Waals surface area contributed by atoms with E-state index in [1.165, 1.54) is 4.90 Å². The van der Waals surface area contributed by atoms with E-state index in [0.717, 1.165) is 12.8 Å². The molecule has 0 aliphatic carbocycles. The van der Waals surface area contributed by atoms with E-state index in [-0.39, 0.29) is 6.61 Å². The van der Waals surface area contributed by atoms with Gasteiger partial charge in [0.15, 0.2) is 0 Å². The molecular weight excluding hydrogens is 170 g/mol. The number of allylic oxidation sites excluding steroid dienone is 1. The van der Waals surface area contributed by atoms with E-state index in [1.54, 1.807) is 6.08 Å². The summed E-state index contributed by atoms with van der Waals surface area (Å²) < 4.78 is 0. The van der Waals surface area contributed by atoms with E-state index in [2.05, 4.69) is 0 Å². The number of aliphatic hydroxyl groups excluding tert-OH is 1. The summed E-state index contributed by atoms with van der Waals surface area (Å²) in [5.41, 5.74) is 0. The lowest BCUT2D eigenvalue weighted by atomic mass is 9.97. The van der Waals surface area contributed by atoms with Gasteiger partial charge in [-0.25, -0.2) is 4.79 Å². The van der Waals surface area contributed by atoms with Crippen LogP contribution in [0.4, 0.5) is 4.79 Å². The Bertz CT molecular complexity index is 195. The van der Waals surface area contributed by atoms with Crippen LogP contribution in [0, 0.1) is 5.92 Å². The molecule has 4 heteroatoms. The predicted molar refractivity (Wildman–Crippen MR) is 48.5 cm³/mol. The number of amides is 1. The number of nitrogens with zero attached hydrogens (tertiary/aromatic N) is 1. The second kappa shape index (κ2) is 4.87. The highest BCUT2D eigenvalue weighted by atomic mass is 16.4. The zero-order chi connectivity index (χ0) is 9.68. The second-order valence-electron chi connectivity index (χ2n) is 3.22. The van der Waals surface area contributed by atoms with Crippen LogP contribution < -0.4 is 0 Å². The average Bonchev–Trinajstić information content (AvgIpc) is 2.15. The third kappa shape index (κ3) is 3.06. The van der Waals surface area contributed by atoms with E-state index in [9.17, 15) is 4.79 Å². The molecule has 0 saturated carbocycles. The molecule has 1 fully saturated rings. The molecule has 2 N–H and O–H groups in total. The standard InChI is InChI=1S/C9H15NO3/c11-7-1-2-8-3-5-10(6-4-8)9(12)13/h1-2,8,11H,3-7H2,(H,12,13)/b2-1+. The molecule has 0 unspecified atom stereocenters. The van der Waals surface area contributed by atoms with Gasteiger partial charge in [0.1, 0.15) is 0 Å². The zero-order valence-electron chi connectivity index (χ0n) is 7.52. The lowest BCUT2D eigenvalue weighted by Crippen LogP contribution is -2.37. The van der Waals surface area contributed by atoms with Crippen molar-refractivity contribution in [3.63, 3.8) is 0 Å². The highest BCUT2D eigenvalue weighted by molar-refractivity contribution is 5.64. The molecule has 0 aromatic heterocycles. The van der Waals surface area contributed by atoms with Crippen LogP contribution in [0.15, 0.2) is 12.2 Å². The van der Waals surface area contributed by atoms with E-state index in [1.807, 2.05) is 6.08 Å². The summed E-state index contributed by atoms with van der Waals surface area (Å²) in [5, 5.41) is 17.2. The van der Waals surface area contributed by atoms with Crippen molar-refractivity contribution in [3.8, 4) is 0 Å². The minimum absolute atomic E-state index is 0.0686. The summed E-state index contributed by atoms with van der Waals surface area (Å²) in [6.45, 7) is 1.28. The fraction of sp³-hybridized carbons (Fsp3) is 0.667. The van der Waals surface area contributed by atoms with E-state index >= 15 is 0 Å². The van der Waals surface area contributed by atoms with Crippen LogP contribution in [0.3, 0.4) is 0 Å². The molecule has 1 aliphatic rings. The molecule has 0 radical (unpaired) electrons. The Hall–Kier alpha value is -1.03. The lowest BCUT2D eigenvalue weighted by molar-refractivity contribution is 0.129. The maximum Gasteiger partial charge on any atom is 0.407 e. The number of aliphatic hydroxyl groups is 1. The highest BCUT2D eigenvalue weighted by Gasteiger charge is 2.19. The molecule has 0 aromatic carbocycles. The largest absolute Gasteiger partial charge is 0.465 e. The number of carboxylic acid groups (broad SMARTS) is 1. The molecule has 1 heterocycles. The van der Waals surface area contributed by atoms with Crippen molar-refractivity contribution < 1.29 is 15.0 Å². The molecule has 1 aliphatic heterocycles. The summed E-state index contributed by atoms with van der Waals surface area (Å²) in [6.07, 6.45) is 4.59. The van der Waals surface area contributed by atoms with Gasteiger partial charge >= 0.3 is 6.09 Å². The predicted octanol–water partition coefficient (Wildman–Crippen LogP) is 0.925. The molecule has 74 valence electrons. The summed E-state index contributed by atoms with van der Waals surface area (Å²) in [6, 6.07) is 0. The van der Waals surface area contributed by atoms with Crippen LogP contribution in [0.1, 0.15) is 12.8 Å². The van der Waals surface area contributed by atoms with Gasteiger partial charge in [0.2, 0.25) is 0 Å². The first kappa shape index (κ1) is 10.1. The van der Waals surface area contributed by atoms with Gasteiger partial charge in [-0.3, -0.25) is 0 Å². The number of likely N-dealkylation sites (tertiary alicyclic amines) is 1. The van der Waals surface area contributed by atoms with Gasteiger partial charge in [-0.15, -0.1) is 0 Å². The van der Waals surface area contributed by atoms with E-state index < -0.39 is 6.09 Å². The van der Waals surface area contributed by atoms with Crippen molar-refractivity contribution in [1.29, 1.82) is 0 Å². The fourth-order valence-corrected chi connectivity index (χ4v) is 1.54. The van der Waals surface area contributed by atoms with Gasteiger partial charge in [-0.2, -0.15) is 0 Å². The summed E-state index contributed by atoms with van der Waals surface area (Å²) in [4.78, 5) is 12.0. The Labute approximate surface area is 77.5 Å². The second-order valence-corrected chi connectivity index (χ2v) is 3.22. The maximum absolute atomic E-state index is 10.5. The first-order chi connectivity index (χ1) is 6.24. The third-order valence-corrected chi connectivity index (χ3v) is 2.32. The molecule has 0 atom stereocenters. The molecule has 4 nitrogen and oxygen atoms in total. The number of hydrogen-bond donors (Lipinski definition) is 2. The summed E-state index contributed by atoms with van der Waals surface area (Å²) in [5.74, 6) is 0.433. The molecule has 0 aromatic rings. The van der Waals surface area contributed by atoms with Crippen molar-refractivity contribution in [3.05, 3.63) is 12.2 Å². The number of hydrogen-bond acceptors (Lipinski definition) is 2. The third-order valence-electron chi connectivity index (χ3n) is 2.32. The number of carbonyl (C=O) groups is 1. The van der Waals surface area contributed by atoms with Crippen LogP contribution in [0.25, 0.3) is 0 Å². The molecular formula is C9H15NO3. The van der Waals surface area contributed by atoms with Crippen molar-refractivity contribution in [1.82, 2.24) is 4.90 Å². The van der Waals surface area contributed by atoms with Crippen LogP contribution >= 0.6 is 0 Å². The van der Waals surface area contributed by atoms with Crippen LogP contribution in [-0.2, 0) is 0 Å². The Morgan fingerprint density at radius 3 is 2.54 bits per heavy atom. The van der Waals surface area contributed by atoms with Gasteiger partial charge in [-0.1, -0.05) is 12.2 Å². The van der Waals surface area contributed by atoms with Crippen molar-refractivity contribution >= 4 is 6.09 Å². The summed E-state index contributed by atoms with van der Waals surface area (Å²) >= 11 is 0. The molecule has 0 spiro atoms. The van der Waals surface area contributed by atoms with E-state index in [0.29, 0.717) is 19.0 Å². The molecule has 1 amide bonds. The SMILES string of the molecule is O=C(O)N1CCC(/C=C/CO)CC1. The van der Waals surface area contributed by atoms with Crippen molar-refractivity contribution in [2.45, 2.75) is 12.8 Å². The molecule has 1 rings (SSSR count). The fourth-order valence-electron chi connectivity index (χ4n) is 1.54. The topological polar surface area (TPSA) is 60.8 Å². The van der Waals surface area contributed by atoms with Gasteiger partial charge in [-0.05, 0) is 18.8 Å². The minimum atomic E-state index is -0.829. The van der Waals surface area contributed by atoms with Gasteiger partial charge < -0.3 is 15.1 Å². The van der Waals surface area contributed by atoms with Gasteiger partial charge in [0.05, 0.1) is 6.61 Å². The van der Waals surface area contributed by atoms with Crippen molar-refractivity contribution in [2.24, 2.45) is 5.92 Å². The first-order valence-electron chi connectivity index (χ1n) is 4.49. The van der Waals surface area contributed by atoms with Crippen LogP contribution in [0.2, 0.25) is 0 Å². The maximum atomic E-state index is 10.5. The molecule has 0 bridgehead atoms. The Morgan fingerprint density at radius 2 is 2.08 bits per heavy atom. The van der Waals surface area contributed by atoms with Crippen LogP contribution in [0.5, 0.6) is 0 Å². The average molecular weight is 185 g/mol. The zero-order valence-corrected chi connectivity index (χ0v) is 7.52. The number of rotatable bonds is 2. The highest BCUT2D eigenvalue weighted by Crippen LogP contribution is 2.17.